The number of anilines is 1. The van der Waals surface area contributed by atoms with Gasteiger partial charge in [0.2, 0.25) is 0 Å². The lowest BCUT2D eigenvalue weighted by molar-refractivity contribution is -0.143. The number of carbonyl (C=O) groups excluding carboxylic acids is 1. The number of nitrogens with two attached hydrogens (primary N) is 1. The number of nitrogens with zero attached hydrogens (tertiary/aromatic N) is 1. The minimum Gasteiger partial charge on any atom is -0.390 e. The lowest BCUT2D eigenvalue weighted by Gasteiger charge is -2.21. The zero-order chi connectivity index (χ0) is 16.2. The van der Waals surface area contributed by atoms with E-state index in [9.17, 15) is 28.2 Å². The smallest absolute Gasteiger partial charge is 0.390 e. The largest absolute Gasteiger partial charge is 0.433 e. The summed E-state index contributed by atoms with van der Waals surface area (Å²) in [5.41, 5.74) is 3.35. The SMILES string of the molecule is CC(=O)SCCC(O)C(O)c1ccc(N)nc1C(F)(F)F. The second kappa shape index (κ2) is 7.10. The molecule has 4 N–H and O–H groups in total. The van der Waals surface area contributed by atoms with Crippen LogP contribution in [0.15, 0.2) is 12.1 Å². The fraction of sp³-hybridized carbons (Fsp3) is 0.500. The highest BCUT2D eigenvalue weighted by atomic mass is 32.2. The Bertz CT molecular complexity index is 511. The van der Waals surface area contributed by atoms with E-state index >= 15 is 0 Å². The maximum absolute atomic E-state index is 12.9. The molecule has 118 valence electrons. The Morgan fingerprint density at radius 3 is 2.57 bits per heavy atom. The number of thioether (sulfide) groups is 1. The normalized spacial score (nSPS) is 14.8. The average molecular weight is 324 g/mol. The first-order valence-corrected chi connectivity index (χ1v) is 6.94. The molecular weight excluding hydrogens is 309 g/mol. The molecule has 0 fully saturated rings. The van der Waals surface area contributed by atoms with Crippen molar-refractivity contribution in [2.75, 3.05) is 11.5 Å². The lowest BCUT2D eigenvalue weighted by Crippen LogP contribution is -2.24. The first kappa shape index (κ1) is 17.7. The molecule has 0 amide bonds. The van der Waals surface area contributed by atoms with Gasteiger partial charge in [0, 0.05) is 18.2 Å². The van der Waals surface area contributed by atoms with Gasteiger partial charge < -0.3 is 15.9 Å². The Morgan fingerprint density at radius 1 is 1.43 bits per heavy atom. The van der Waals surface area contributed by atoms with Crippen LogP contribution in [0.4, 0.5) is 19.0 Å². The fourth-order valence-electron chi connectivity index (χ4n) is 1.64. The van der Waals surface area contributed by atoms with Crippen molar-refractivity contribution in [2.45, 2.75) is 31.7 Å². The molecule has 2 unspecified atom stereocenters. The molecule has 21 heavy (non-hydrogen) atoms. The fourth-order valence-corrected chi connectivity index (χ4v) is 2.29. The second-order valence-electron chi connectivity index (χ2n) is 4.31. The van der Waals surface area contributed by atoms with Gasteiger partial charge in [0.15, 0.2) is 10.8 Å². The standard InChI is InChI=1S/C12H15F3N2O3S/c1-6(18)21-5-4-8(19)10(20)7-2-3-9(16)17-11(7)12(13,14)15/h2-3,8,10,19-20H,4-5H2,1H3,(H2,16,17). The Labute approximate surface area is 123 Å². The molecule has 0 radical (unpaired) electrons. The van der Waals surface area contributed by atoms with Crippen LogP contribution in [0.25, 0.3) is 0 Å². The number of nitrogen functional groups attached to an aromatic ring is 1. The summed E-state index contributed by atoms with van der Waals surface area (Å²) in [4.78, 5) is 13.9. The topological polar surface area (TPSA) is 96.4 Å². The van der Waals surface area contributed by atoms with Crippen LogP contribution < -0.4 is 5.73 Å². The first-order valence-electron chi connectivity index (χ1n) is 5.96. The highest BCUT2D eigenvalue weighted by Crippen LogP contribution is 2.35. The quantitative estimate of drug-likeness (QED) is 0.763. The third-order valence-electron chi connectivity index (χ3n) is 2.62. The third kappa shape index (κ3) is 5.18. The van der Waals surface area contributed by atoms with E-state index < -0.39 is 29.6 Å². The maximum Gasteiger partial charge on any atom is 0.433 e. The molecule has 5 nitrogen and oxygen atoms in total. The summed E-state index contributed by atoms with van der Waals surface area (Å²) in [7, 11) is 0. The Hall–Kier alpha value is -1.32. The minimum atomic E-state index is -4.79. The molecule has 0 aliphatic heterocycles. The molecule has 1 rings (SSSR count). The van der Waals surface area contributed by atoms with Crippen LogP contribution in [0.3, 0.4) is 0 Å². The summed E-state index contributed by atoms with van der Waals surface area (Å²) in [6.45, 7) is 1.33. The first-order chi connectivity index (χ1) is 9.62. The van der Waals surface area contributed by atoms with E-state index in [0.717, 1.165) is 23.9 Å². The molecule has 0 saturated heterocycles. The van der Waals surface area contributed by atoms with Gasteiger partial charge >= 0.3 is 6.18 Å². The molecule has 1 aromatic heterocycles. The van der Waals surface area contributed by atoms with E-state index in [1.54, 1.807) is 0 Å². The Morgan fingerprint density at radius 2 is 2.05 bits per heavy atom. The molecule has 0 aliphatic carbocycles. The molecule has 1 aromatic rings. The monoisotopic (exact) mass is 324 g/mol. The van der Waals surface area contributed by atoms with Crippen LogP contribution >= 0.6 is 11.8 Å². The van der Waals surface area contributed by atoms with Crippen LogP contribution in [0.1, 0.15) is 30.7 Å². The molecule has 2 atom stereocenters. The van der Waals surface area contributed by atoms with Crippen molar-refractivity contribution in [3.8, 4) is 0 Å². The number of aliphatic hydroxyl groups is 2. The number of aliphatic hydroxyl groups excluding tert-OH is 2. The summed E-state index contributed by atoms with van der Waals surface area (Å²) in [6, 6.07) is 2.10. The van der Waals surface area contributed by atoms with Gasteiger partial charge in [-0.15, -0.1) is 0 Å². The molecule has 0 spiro atoms. The zero-order valence-electron chi connectivity index (χ0n) is 11.1. The predicted molar refractivity (Wildman–Crippen MR) is 72.4 cm³/mol. The van der Waals surface area contributed by atoms with E-state index in [2.05, 4.69) is 4.98 Å². The van der Waals surface area contributed by atoms with Gasteiger partial charge in [-0.25, -0.2) is 4.98 Å². The van der Waals surface area contributed by atoms with E-state index in [1.165, 1.54) is 6.92 Å². The molecule has 9 heteroatoms. The number of hydrogen-bond acceptors (Lipinski definition) is 6. The van der Waals surface area contributed by atoms with Gasteiger partial charge in [0.05, 0.1) is 6.10 Å². The highest BCUT2D eigenvalue weighted by Gasteiger charge is 2.38. The number of hydrogen-bond donors (Lipinski definition) is 3. The van der Waals surface area contributed by atoms with E-state index in [4.69, 9.17) is 5.73 Å². The highest BCUT2D eigenvalue weighted by molar-refractivity contribution is 8.13. The van der Waals surface area contributed by atoms with Crippen molar-refractivity contribution in [1.29, 1.82) is 0 Å². The van der Waals surface area contributed by atoms with Crippen LogP contribution in [-0.2, 0) is 11.0 Å². The van der Waals surface area contributed by atoms with Gasteiger partial charge in [-0.05, 0) is 12.5 Å². The molecular formula is C12H15F3N2O3S. The van der Waals surface area contributed by atoms with Crippen LogP contribution in [-0.4, -0.2) is 32.2 Å². The molecule has 0 saturated carbocycles. The van der Waals surface area contributed by atoms with Gasteiger partial charge in [0.25, 0.3) is 0 Å². The average Bonchev–Trinajstić information content (AvgIpc) is 2.36. The van der Waals surface area contributed by atoms with Crippen molar-refractivity contribution in [3.63, 3.8) is 0 Å². The zero-order valence-corrected chi connectivity index (χ0v) is 11.9. The van der Waals surface area contributed by atoms with Gasteiger partial charge in [-0.3, -0.25) is 4.79 Å². The van der Waals surface area contributed by atoms with Crippen molar-refractivity contribution in [2.24, 2.45) is 0 Å². The van der Waals surface area contributed by atoms with Crippen molar-refractivity contribution in [3.05, 3.63) is 23.4 Å². The van der Waals surface area contributed by atoms with Gasteiger partial charge in [-0.1, -0.05) is 17.8 Å². The van der Waals surface area contributed by atoms with Crippen molar-refractivity contribution >= 4 is 22.7 Å². The predicted octanol–water partition coefficient (Wildman–Crippen LogP) is 1.75. The summed E-state index contributed by atoms with van der Waals surface area (Å²) >= 11 is 0.917. The number of carbonyl (C=O) groups is 1. The number of alkyl halides is 3. The number of pyridine rings is 1. The number of aromatic nitrogens is 1. The molecule has 0 aliphatic rings. The van der Waals surface area contributed by atoms with Crippen molar-refractivity contribution < 1.29 is 28.2 Å². The van der Waals surface area contributed by atoms with Crippen LogP contribution in [0.5, 0.6) is 0 Å². The van der Waals surface area contributed by atoms with E-state index in [0.29, 0.717) is 0 Å². The number of halogens is 3. The number of rotatable bonds is 5. The van der Waals surface area contributed by atoms with Gasteiger partial charge in [0.1, 0.15) is 11.9 Å². The van der Waals surface area contributed by atoms with E-state index in [-0.39, 0.29) is 23.1 Å². The summed E-state index contributed by atoms with van der Waals surface area (Å²) in [6.07, 6.45) is -8.03. The Balaban J connectivity index is 2.91. The molecule has 1 heterocycles. The second-order valence-corrected chi connectivity index (χ2v) is 5.58. The maximum atomic E-state index is 12.9. The summed E-state index contributed by atoms with van der Waals surface area (Å²) in [5, 5.41) is 19.4. The molecule has 0 bridgehead atoms. The third-order valence-corrected chi connectivity index (χ3v) is 3.46. The summed E-state index contributed by atoms with van der Waals surface area (Å²) < 4.78 is 38.6. The summed E-state index contributed by atoms with van der Waals surface area (Å²) in [5.74, 6) is -0.142. The van der Waals surface area contributed by atoms with Gasteiger partial charge in [-0.2, -0.15) is 13.2 Å². The lowest BCUT2D eigenvalue weighted by atomic mass is 10.0. The Kier molecular flexibility index (Phi) is 5.99. The van der Waals surface area contributed by atoms with E-state index in [1.807, 2.05) is 0 Å². The van der Waals surface area contributed by atoms with Crippen LogP contribution in [0.2, 0.25) is 0 Å². The molecule has 0 aromatic carbocycles. The van der Waals surface area contributed by atoms with Crippen LogP contribution in [0, 0.1) is 0 Å². The van der Waals surface area contributed by atoms with Crippen molar-refractivity contribution in [1.82, 2.24) is 4.98 Å². The minimum absolute atomic E-state index is 0.0346.